The Morgan fingerprint density at radius 3 is 2.36 bits per heavy atom. The first kappa shape index (κ1) is 8.75. The van der Waals surface area contributed by atoms with Crippen molar-refractivity contribution in [1.82, 2.24) is 0 Å². The monoisotopic (exact) mass is 185 g/mol. The molecule has 2 heteroatoms. The fraction of sp³-hybridized carbons (Fsp3) is 0.0833. The highest BCUT2D eigenvalue weighted by atomic mass is 16.5. The van der Waals surface area contributed by atoms with Gasteiger partial charge in [-0.05, 0) is 22.9 Å². The second-order valence-corrected chi connectivity index (χ2v) is 3.00. The van der Waals surface area contributed by atoms with Crippen molar-refractivity contribution in [3.63, 3.8) is 0 Å². The van der Waals surface area contributed by atoms with Crippen LogP contribution in [0.1, 0.15) is 5.56 Å². The van der Waals surface area contributed by atoms with Crippen molar-refractivity contribution in [2.45, 2.75) is 0 Å². The summed E-state index contributed by atoms with van der Waals surface area (Å²) < 4.78 is 5.08. The highest BCUT2D eigenvalue weighted by Crippen LogP contribution is 2.24. The van der Waals surface area contributed by atoms with Gasteiger partial charge in [-0.15, -0.1) is 0 Å². The summed E-state index contributed by atoms with van der Waals surface area (Å²) in [5.41, 5.74) is 0.464. The van der Waals surface area contributed by atoms with Gasteiger partial charge in [-0.3, -0.25) is 4.79 Å². The minimum Gasteiger partial charge on any atom is -0.496 e. The van der Waals surface area contributed by atoms with Crippen molar-refractivity contribution in [3.8, 4) is 5.75 Å². The van der Waals surface area contributed by atoms with Crippen LogP contribution >= 0.6 is 0 Å². The van der Waals surface area contributed by atoms with Gasteiger partial charge in [0, 0.05) is 0 Å². The van der Waals surface area contributed by atoms with E-state index in [2.05, 4.69) is 0 Å². The smallest absolute Gasteiger partial charge is 0.237 e. The van der Waals surface area contributed by atoms with E-state index >= 15 is 0 Å². The minimum atomic E-state index is 0.464. The molecule has 0 aliphatic rings. The normalized spacial score (nSPS) is 10.1. The maximum Gasteiger partial charge on any atom is 0.237 e. The van der Waals surface area contributed by atoms with Gasteiger partial charge < -0.3 is 4.74 Å². The Morgan fingerprint density at radius 2 is 1.79 bits per heavy atom. The average Bonchev–Trinajstić information content (AvgIpc) is 2.27. The van der Waals surface area contributed by atoms with Crippen molar-refractivity contribution in [2.24, 2.45) is 0 Å². The molecule has 0 saturated heterocycles. The molecular formula is C12H9O2. The fourth-order valence-corrected chi connectivity index (χ4v) is 1.47. The number of ether oxygens (including phenoxy) is 1. The average molecular weight is 185 g/mol. The van der Waals surface area contributed by atoms with Gasteiger partial charge in [-0.1, -0.05) is 24.3 Å². The molecule has 2 nitrogen and oxygen atoms in total. The van der Waals surface area contributed by atoms with E-state index < -0.39 is 0 Å². The van der Waals surface area contributed by atoms with E-state index in [0.29, 0.717) is 11.3 Å². The molecule has 14 heavy (non-hydrogen) atoms. The summed E-state index contributed by atoms with van der Waals surface area (Å²) in [6, 6.07) is 11.4. The van der Waals surface area contributed by atoms with Crippen LogP contribution in [0.25, 0.3) is 10.8 Å². The molecule has 2 rings (SSSR count). The Hall–Kier alpha value is -1.83. The van der Waals surface area contributed by atoms with Crippen LogP contribution in [-0.2, 0) is 4.79 Å². The summed E-state index contributed by atoms with van der Waals surface area (Å²) in [5.74, 6) is 0.568. The molecule has 69 valence electrons. The van der Waals surface area contributed by atoms with E-state index in [1.165, 1.54) is 0 Å². The van der Waals surface area contributed by atoms with Crippen LogP contribution in [0.4, 0.5) is 0 Å². The second-order valence-electron chi connectivity index (χ2n) is 3.00. The fourth-order valence-electron chi connectivity index (χ4n) is 1.47. The molecule has 0 fully saturated rings. The third-order valence-electron chi connectivity index (χ3n) is 2.18. The molecule has 0 unspecified atom stereocenters. The lowest BCUT2D eigenvalue weighted by Gasteiger charge is -2.04. The summed E-state index contributed by atoms with van der Waals surface area (Å²) in [4.78, 5) is 10.6. The van der Waals surface area contributed by atoms with E-state index in [1.807, 2.05) is 36.6 Å². The van der Waals surface area contributed by atoms with Crippen LogP contribution in [0.3, 0.4) is 0 Å². The van der Waals surface area contributed by atoms with Gasteiger partial charge in [0.2, 0.25) is 6.29 Å². The highest BCUT2D eigenvalue weighted by molar-refractivity contribution is 5.92. The van der Waals surface area contributed by atoms with Crippen molar-refractivity contribution < 1.29 is 9.53 Å². The van der Waals surface area contributed by atoms with Crippen LogP contribution in [0.2, 0.25) is 0 Å². The predicted octanol–water partition coefficient (Wildman–Crippen LogP) is 2.31. The predicted molar refractivity (Wildman–Crippen MR) is 55.3 cm³/mol. The number of rotatable bonds is 2. The number of fused-ring (bicyclic) bond motifs is 1. The summed E-state index contributed by atoms with van der Waals surface area (Å²) in [5, 5.41) is 2.08. The molecule has 0 atom stereocenters. The summed E-state index contributed by atoms with van der Waals surface area (Å²) in [6.45, 7) is 0. The Morgan fingerprint density at radius 1 is 1.14 bits per heavy atom. The van der Waals surface area contributed by atoms with E-state index in [0.717, 1.165) is 10.8 Å². The zero-order valence-corrected chi connectivity index (χ0v) is 7.78. The van der Waals surface area contributed by atoms with Gasteiger partial charge in [0.1, 0.15) is 5.75 Å². The maximum absolute atomic E-state index is 10.6. The van der Waals surface area contributed by atoms with Crippen molar-refractivity contribution in [3.05, 3.63) is 42.0 Å². The molecule has 0 aliphatic carbocycles. The van der Waals surface area contributed by atoms with Crippen molar-refractivity contribution in [1.29, 1.82) is 0 Å². The SMILES string of the molecule is COc1cc2ccccc2cc1[C]=O. The van der Waals surface area contributed by atoms with E-state index in [-0.39, 0.29) is 0 Å². The molecular weight excluding hydrogens is 176 g/mol. The molecule has 2 aromatic carbocycles. The Kier molecular flexibility index (Phi) is 2.19. The molecule has 0 aliphatic heterocycles. The number of hydrogen-bond donors (Lipinski definition) is 0. The number of benzene rings is 2. The molecule has 0 N–H and O–H groups in total. The Balaban J connectivity index is 2.75. The van der Waals surface area contributed by atoms with Crippen molar-refractivity contribution in [2.75, 3.05) is 7.11 Å². The molecule has 1 radical (unpaired) electrons. The van der Waals surface area contributed by atoms with Gasteiger partial charge >= 0.3 is 0 Å². The quantitative estimate of drug-likeness (QED) is 0.717. The molecule has 0 heterocycles. The highest BCUT2D eigenvalue weighted by Gasteiger charge is 2.04. The lowest BCUT2D eigenvalue weighted by molar-refractivity contribution is 0.413. The molecule has 2 aromatic rings. The summed E-state index contributed by atoms with van der Waals surface area (Å²) in [7, 11) is 1.55. The molecule has 0 aromatic heterocycles. The largest absolute Gasteiger partial charge is 0.496 e. The number of hydrogen-bond acceptors (Lipinski definition) is 2. The van der Waals surface area contributed by atoms with Crippen LogP contribution in [0.15, 0.2) is 36.4 Å². The van der Waals surface area contributed by atoms with E-state index in [4.69, 9.17) is 4.74 Å². The first-order chi connectivity index (χ1) is 6.85. The Bertz CT molecular complexity index is 475. The van der Waals surface area contributed by atoms with Crippen LogP contribution < -0.4 is 4.74 Å². The summed E-state index contributed by atoms with van der Waals surface area (Å²) in [6.07, 6.45) is 1.86. The van der Waals surface area contributed by atoms with Crippen LogP contribution in [0, 0.1) is 0 Å². The number of carbonyl (C=O) groups excluding carboxylic acids is 1. The maximum atomic E-state index is 10.6. The van der Waals surface area contributed by atoms with E-state index in [1.54, 1.807) is 13.2 Å². The molecule has 0 bridgehead atoms. The van der Waals surface area contributed by atoms with Crippen molar-refractivity contribution >= 4 is 17.1 Å². The third-order valence-corrected chi connectivity index (χ3v) is 2.18. The third kappa shape index (κ3) is 1.35. The Labute approximate surface area is 82.1 Å². The summed E-state index contributed by atoms with van der Waals surface area (Å²) >= 11 is 0. The second kappa shape index (κ2) is 3.50. The van der Waals surface area contributed by atoms with Gasteiger partial charge in [0.25, 0.3) is 0 Å². The lowest BCUT2D eigenvalue weighted by Crippen LogP contribution is -1.90. The minimum absolute atomic E-state index is 0.464. The zero-order chi connectivity index (χ0) is 9.97. The van der Waals surface area contributed by atoms with Crippen LogP contribution in [-0.4, -0.2) is 13.4 Å². The van der Waals surface area contributed by atoms with Gasteiger partial charge in [0.05, 0.1) is 12.7 Å². The number of methoxy groups -OCH3 is 1. The van der Waals surface area contributed by atoms with Gasteiger partial charge in [-0.25, -0.2) is 0 Å². The molecule has 0 amide bonds. The molecule has 0 spiro atoms. The van der Waals surface area contributed by atoms with E-state index in [9.17, 15) is 4.79 Å². The first-order valence-electron chi connectivity index (χ1n) is 4.30. The van der Waals surface area contributed by atoms with Crippen LogP contribution in [0.5, 0.6) is 5.75 Å². The standard InChI is InChI=1S/C12H9O2/c1-14-12-7-10-5-3-2-4-9(10)6-11(12)8-13/h2-7H,1H3. The zero-order valence-electron chi connectivity index (χ0n) is 7.78. The lowest BCUT2D eigenvalue weighted by atomic mass is 10.1. The topological polar surface area (TPSA) is 26.3 Å². The first-order valence-corrected chi connectivity index (χ1v) is 4.30. The van der Waals surface area contributed by atoms with Gasteiger partial charge in [-0.2, -0.15) is 0 Å². The van der Waals surface area contributed by atoms with Gasteiger partial charge in [0.15, 0.2) is 0 Å². The molecule has 0 saturated carbocycles.